The topological polar surface area (TPSA) is 6.48 Å². The maximum Gasteiger partial charge on any atom is 0.0465 e. The summed E-state index contributed by atoms with van der Waals surface area (Å²) in [5.74, 6) is 0. The first kappa shape index (κ1) is 41.3. The van der Waals surface area contributed by atoms with Crippen LogP contribution in [0.5, 0.6) is 0 Å². The summed E-state index contributed by atoms with van der Waals surface area (Å²) in [6.45, 7) is 18.1. The van der Waals surface area contributed by atoms with Gasteiger partial charge in [0, 0.05) is 45.0 Å². The molecule has 0 fully saturated rings. The van der Waals surface area contributed by atoms with Crippen molar-refractivity contribution in [2.75, 3.05) is 9.80 Å². The van der Waals surface area contributed by atoms with Crippen molar-refractivity contribution in [1.29, 1.82) is 0 Å². The number of aryl methyl sites for hydroxylation is 4. The van der Waals surface area contributed by atoms with Crippen LogP contribution in [-0.2, 0) is 10.8 Å². The SMILES string of the molecule is Cc1ccc(N(c2ccc(C)cc2)c2ccc3c(c2)C(C)(C)c2cc(-c4ccc(-c5ccc6c(c5)C(C)(C)c5cc(N(c7ccc(C)cc7)c7ccc(C)cc7)ccc5-6)cc4)ccc2-3)cc1. The zero-order valence-electron chi connectivity index (χ0n) is 39.4. The quantitative estimate of drug-likeness (QED) is 0.150. The lowest BCUT2D eigenvalue weighted by atomic mass is 9.81. The highest BCUT2D eigenvalue weighted by molar-refractivity contribution is 5.89. The number of hydrogen-bond donors (Lipinski definition) is 0. The summed E-state index contributed by atoms with van der Waals surface area (Å²) in [5.41, 5.74) is 27.4. The number of anilines is 6. The zero-order chi connectivity index (χ0) is 45.5. The van der Waals surface area contributed by atoms with E-state index in [9.17, 15) is 0 Å². The van der Waals surface area contributed by atoms with Gasteiger partial charge in [-0.3, -0.25) is 0 Å². The lowest BCUT2D eigenvalue weighted by Gasteiger charge is -2.28. The molecule has 0 heterocycles. The van der Waals surface area contributed by atoms with E-state index in [4.69, 9.17) is 0 Å². The Bertz CT molecular complexity index is 2980. The summed E-state index contributed by atoms with van der Waals surface area (Å²) in [5, 5.41) is 0. The fraction of sp³-hybridized carbons (Fsp3) is 0.156. The van der Waals surface area contributed by atoms with Gasteiger partial charge in [-0.2, -0.15) is 0 Å². The minimum absolute atomic E-state index is 0.169. The monoisotopic (exact) mass is 852 g/mol. The molecule has 9 aromatic rings. The van der Waals surface area contributed by atoms with Crippen molar-refractivity contribution in [2.45, 2.75) is 66.2 Å². The predicted octanol–water partition coefficient (Wildman–Crippen LogP) is 17.8. The van der Waals surface area contributed by atoms with Crippen LogP contribution in [0.1, 0.15) is 72.2 Å². The van der Waals surface area contributed by atoms with Crippen molar-refractivity contribution in [3.63, 3.8) is 0 Å². The second-order valence-corrected chi connectivity index (χ2v) is 19.8. The molecule has 0 bridgehead atoms. The van der Waals surface area contributed by atoms with Gasteiger partial charge in [0.25, 0.3) is 0 Å². The standard InChI is InChI=1S/C64H56N2/c1-41-9-23-49(24-10-41)65(50-25-11-42(2)12-26-50)53-31-35-57-55-33-21-47(37-59(55)63(5,6)61(57)39-53)45-17-19-46(20-18-45)48-22-34-56-58-36-32-54(40-62(58)64(7,8)60(56)38-48)66(51-27-13-43(3)14-28-51)52-29-15-44(4)16-30-52/h9-40H,1-8H3. The smallest absolute Gasteiger partial charge is 0.0465 e. The highest BCUT2D eigenvalue weighted by Gasteiger charge is 2.38. The molecule has 0 unspecified atom stereocenters. The van der Waals surface area contributed by atoms with Crippen LogP contribution in [0, 0.1) is 27.7 Å². The van der Waals surface area contributed by atoms with E-state index < -0.39 is 0 Å². The molecular weight excluding hydrogens is 797 g/mol. The Kier molecular flexibility index (Phi) is 9.78. The fourth-order valence-corrected chi connectivity index (χ4v) is 10.6. The molecule has 2 aliphatic carbocycles. The van der Waals surface area contributed by atoms with Gasteiger partial charge in [0.1, 0.15) is 0 Å². The van der Waals surface area contributed by atoms with Crippen molar-refractivity contribution in [2.24, 2.45) is 0 Å². The van der Waals surface area contributed by atoms with Crippen LogP contribution in [0.4, 0.5) is 34.1 Å². The molecule has 0 saturated carbocycles. The average molecular weight is 853 g/mol. The molecule has 0 saturated heterocycles. The first-order valence-corrected chi connectivity index (χ1v) is 23.4. The fourth-order valence-electron chi connectivity index (χ4n) is 10.6. The van der Waals surface area contributed by atoms with Gasteiger partial charge in [-0.1, -0.05) is 159 Å². The van der Waals surface area contributed by atoms with E-state index in [0.717, 1.165) is 22.7 Å². The number of nitrogens with zero attached hydrogens (tertiary/aromatic N) is 2. The van der Waals surface area contributed by atoms with Gasteiger partial charge < -0.3 is 9.80 Å². The summed E-state index contributed by atoms with van der Waals surface area (Å²) in [6, 6.07) is 72.9. The molecule has 2 nitrogen and oxygen atoms in total. The van der Waals surface area contributed by atoms with Crippen LogP contribution < -0.4 is 9.80 Å². The first-order valence-electron chi connectivity index (χ1n) is 23.4. The van der Waals surface area contributed by atoms with E-state index in [1.807, 2.05) is 0 Å². The number of benzene rings is 9. The summed E-state index contributed by atoms with van der Waals surface area (Å²) in [4.78, 5) is 4.77. The van der Waals surface area contributed by atoms with Crippen LogP contribution in [0.25, 0.3) is 44.5 Å². The van der Waals surface area contributed by atoms with Crippen molar-refractivity contribution >= 4 is 34.1 Å². The molecule has 11 rings (SSSR count). The van der Waals surface area contributed by atoms with E-state index in [0.29, 0.717) is 0 Å². The molecule has 0 aliphatic heterocycles. The van der Waals surface area contributed by atoms with Crippen molar-refractivity contribution < 1.29 is 0 Å². The van der Waals surface area contributed by atoms with Gasteiger partial charge in [0.15, 0.2) is 0 Å². The maximum atomic E-state index is 2.43. The van der Waals surface area contributed by atoms with E-state index in [-0.39, 0.29) is 10.8 Å². The Balaban J connectivity index is 0.877. The molecule has 0 N–H and O–H groups in total. The Morgan fingerprint density at radius 1 is 0.242 bits per heavy atom. The highest BCUT2D eigenvalue weighted by Crippen LogP contribution is 2.53. The van der Waals surface area contributed by atoms with E-state index in [2.05, 4.69) is 259 Å². The van der Waals surface area contributed by atoms with Crippen LogP contribution in [0.15, 0.2) is 194 Å². The summed E-state index contributed by atoms with van der Waals surface area (Å²) in [7, 11) is 0. The third kappa shape index (κ3) is 6.95. The molecule has 0 atom stereocenters. The average Bonchev–Trinajstić information content (AvgIpc) is 3.69. The third-order valence-electron chi connectivity index (χ3n) is 14.6. The van der Waals surface area contributed by atoms with Gasteiger partial charge in [-0.05, 0) is 179 Å². The number of rotatable bonds is 8. The molecule has 9 aromatic carbocycles. The van der Waals surface area contributed by atoms with Crippen LogP contribution in [0.3, 0.4) is 0 Å². The summed E-state index contributed by atoms with van der Waals surface area (Å²) < 4.78 is 0. The van der Waals surface area contributed by atoms with Crippen LogP contribution in [-0.4, -0.2) is 0 Å². The molecule has 322 valence electrons. The minimum atomic E-state index is -0.169. The lowest BCUT2D eigenvalue weighted by Crippen LogP contribution is -2.16. The molecule has 66 heavy (non-hydrogen) atoms. The summed E-state index contributed by atoms with van der Waals surface area (Å²) >= 11 is 0. The van der Waals surface area contributed by atoms with Gasteiger partial charge in [0.05, 0.1) is 0 Å². The Labute approximate surface area is 391 Å². The minimum Gasteiger partial charge on any atom is -0.310 e. The largest absolute Gasteiger partial charge is 0.310 e. The highest BCUT2D eigenvalue weighted by atomic mass is 15.1. The molecule has 2 aliphatic rings. The van der Waals surface area contributed by atoms with Crippen LogP contribution in [0.2, 0.25) is 0 Å². The van der Waals surface area contributed by atoms with Crippen LogP contribution >= 0.6 is 0 Å². The Morgan fingerprint density at radius 3 is 0.758 bits per heavy atom. The molecular formula is C64H56N2. The predicted molar refractivity (Wildman–Crippen MR) is 281 cm³/mol. The normalized spacial score (nSPS) is 13.7. The first-order chi connectivity index (χ1) is 31.8. The van der Waals surface area contributed by atoms with Gasteiger partial charge >= 0.3 is 0 Å². The molecule has 0 radical (unpaired) electrons. The molecule has 2 heteroatoms. The number of fused-ring (bicyclic) bond motifs is 6. The maximum absolute atomic E-state index is 2.43. The van der Waals surface area contributed by atoms with Gasteiger partial charge in [-0.25, -0.2) is 0 Å². The van der Waals surface area contributed by atoms with E-state index in [1.54, 1.807) is 0 Å². The van der Waals surface area contributed by atoms with Crippen molar-refractivity contribution in [1.82, 2.24) is 0 Å². The lowest BCUT2D eigenvalue weighted by molar-refractivity contribution is 0.660. The molecule has 0 amide bonds. The van der Waals surface area contributed by atoms with E-state index in [1.165, 1.54) is 100 Å². The number of hydrogen-bond acceptors (Lipinski definition) is 2. The zero-order valence-corrected chi connectivity index (χ0v) is 39.4. The van der Waals surface area contributed by atoms with Gasteiger partial charge in [0.2, 0.25) is 0 Å². The second-order valence-electron chi connectivity index (χ2n) is 19.8. The third-order valence-corrected chi connectivity index (χ3v) is 14.6. The second kappa shape index (κ2) is 15.6. The summed E-state index contributed by atoms with van der Waals surface area (Å²) in [6.07, 6.45) is 0. The van der Waals surface area contributed by atoms with E-state index >= 15 is 0 Å². The van der Waals surface area contributed by atoms with Crippen molar-refractivity contribution in [3.8, 4) is 44.5 Å². The Morgan fingerprint density at radius 2 is 0.470 bits per heavy atom. The van der Waals surface area contributed by atoms with Crippen molar-refractivity contribution in [3.05, 3.63) is 239 Å². The molecule has 0 spiro atoms. The van der Waals surface area contributed by atoms with Gasteiger partial charge in [-0.15, -0.1) is 0 Å². The Hall–Kier alpha value is -7.42. The molecule has 0 aromatic heterocycles.